The van der Waals surface area contributed by atoms with E-state index in [4.69, 9.17) is 9.72 Å². The van der Waals surface area contributed by atoms with Gasteiger partial charge >= 0.3 is 0 Å². The van der Waals surface area contributed by atoms with Crippen LogP contribution < -0.4 is 4.74 Å². The van der Waals surface area contributed by atoms with E-state index >= 15 is 0 Å². The van der Waals surface area contributed by atoms with Gasteiger partial charge in [0.2, 0.25) is 0 Å². The normalized spacial score (nSPS) is 16.6. The number of aryl methyl sites for hydroxylation is 1. The van der Waals surface area contributed by atoms with Crippen LogP contribution >= 0.6 is 0 Å². The lowest BCUT2D eigenvalue weighted by Gasteiger charge is -2.35. The SMILES string of the molecule is COc1ccc(F)c(CN2CCc3c([nH]c4ccccc34)C2c2cccc(C)n2)c1. The Kier molecular flexibility index (Phi) is 4.75. The van der Waals surface area contributed by atoms with Gasteiger partial charge in [-0.2, -0.15) is 0 Å². The minimum atomic E-state index is -0.214. The number of ether oxygens (including phenoxy) is 1. The number of H-pyrrole nitrogens is 1. The number of pyridine rings is 1. The summed E-state index contributed by atoms with van der Waals surface area (Å²) >= 11 is 0. The van der Waals surface area contributed by atoms with Gasteiger partial charge in [-0.3, -0.25) is 9.88 Å². The number of aromatic amines is 1. The first-order chi connectivity index (χ1) is 14.6. The molecule has 0 saturated heterocycles. The van der Waals surface area contributed by atoms with Crippen molar-refractivity contribution < 1.29 is 9.13 Å². The molecule has 0 radical (unpaired) electrons. The number of methoxy groups -OCH3 is 1. The van der Waals surface area contributed by atoms with E-state index in [1.165, 1.54) is 17.0 Å². The van der Waals surface area contributed by atoms with E-state index in [0.717, 1.165) is 35.6 Å². The van der Waals surface area contributed by atoms with Gasteiger partial charge in [-0.15, -0.1) is 0 Å². The molecule has 2 aromatic heterocycles. The summed E-state index contributed by atoms with van der Waals surface area (Å²) in [5.74, 6) is 0.453. The summed E-state index contributed by atoms with van der Waals surface area (Å²) in [6.45, 7) is 3.31. The van der Waals surface area contributed by atoms with Crippen molar-refractivity contribution in [2.75, 3.05) is 13.7 Å². The summed E-state index contributed by atoms with van der Waals surface area (Å²) in [5, 5.41) is 1.26. The van der Waals surface area contributed by atoms with Gasteiger partial charge in [0.15, 0.2) is 0 Å². The molecule has 2 aromatic carbocycles. The third-order valence-corrected chi connectivity index (χ3v) is 5.95. The molecule has 5 heteroatoms. The van der Waals surface area contributed by atoms with Crippen LogP contribution in [0.15, 0.2) is 60.7 Å². The second-order valence-corrected chi connectivity index (χ2v) is 7.85. The minimum Gasteiger partial charge on any atom is -0.497 e. The fourth-order valence-electron chi connectivity index (χ4n) is 4.53. The summed E-state index contributed by atoms with van der Waals surface area (Å²) in [4.78, 5) is 10.8. The predicted molar refractivity (Wildman–Crippen MR) is 116 cm³/mol. The van der Waals surface area contributed by atoms with E-state index in [0.29, 0.717) is 17.9 Å². The first-order valence-corrected chi connectivity index (χ1v) is 10.2. The molecule has 3 heterocycles. The van der Waals surface area contributed by atoms with E-state index in [1.807, 2.05) is 25.1 Å². The molecular formula is C25H24FN3O. The van der Waals surface area contributed by atoms with E-state index < -0.39 is 0 Å². The first kappa shape index (κ1) is 18.8. The maximum absolute atomic E-state index is 14.6. The highest BCUT2D eigenvalue weighted by Gasteiger charge is 2.33. The summed E-state index contributed by atoms with van der Waals surface area (Å²) in [7, 11) is 1.61. The molecule has 1 aliphatic heterocycles. The molecular weight excluding hydrogens is 377 g/mol. The van der Waals surface area contributed by atoms with Crippen molar-refractivity contribution in [3.05, 3.63) is 94.7 Å². The van der Waals surface area contributed by atoms with Gasteiger partial charge in [0.05, 0.1) is 18.8 Å². The molecule has 1 unspecified atom stereocenters. The standard InChI is InChI=1S/C25H24FN3O/c1-16-6-5-9-23(27-16)25-24-20(19-7-3-4-8-22(19)28-24)12-13-29(25)15-17-14-18(30-2)10-11-21(17)26/h3-11,14,25,28H,12-13,15H2,1-2H3. The summed E-state index contributed by atoms with van der Waals surface area (Å²) in [5.41, 5.74) is 6.21. The highest BCUT2D eigenvalue weighted by molar-refractivity contribution is 5.85. The average molecular weight is 401 g/mol. The van der Waals surface area contributed by atoms with Crippen molar-refractivity contribution in [2.24, 2.45) is 0 Å². The maximum Gasteiger partial charge on any atom is 0.127 e. The van der Waals surface area contributed by atoms with Crippen LogP contribution in [0.1, 0.15) is 34.3 Å². The monoisotopic (exact) mass is 401 g/mol. The first-order valence-electron chi connectivity index (χ1n) is 10.2. The van der Waals surface area contributed by atoms with Crippen LogP contribution in [-0.4, -0.2) is 28.5 Å². The summed E-state index contributed by atoms with van der Waals surface area (Å²) < 4.78 is 19.9. The average Bonchev–Trinajstić information content (AvgIpc) is 3.13. The molecule has 0 spiro atoms. The Bertz CT molecular complexity index is 1220. The van der Waals surface area contributed by atoms with Crippen molar-refractivity contribution in [3.63, 3.8) is 0 Å². The molecule has 4 aromatic rings. The van der Waals surface area contributed by atoms with E-state index in [9.17, 15) is 4.39 Å². The molecule has 1 atom stereocenters. The van der Waals surface area contributed by atoms with Gasteiger partial charge in [0.1, 0.15) is 11.6 Å². The van der Waals surface area contributed by atoms with Crippen molar-refractivity contribution >= 4 is 10.9 Å². The van der Waals surface area contributed by atoms with Crippen molar-refractivity contribution in [1.29, 1.82) is 0 Å². The zero-order valence-electron chi connectivity index (χ0n) is 17.2. The predicted octanol–water partition coefficient (Wildman–Crippen LogP) is 5.17. The summed E-state index contributed by atoms with van der Waals surface area (Å²) in [6, 6.07) is 19.4. The number of rotatable bonds is 4. The van der Waals surface area contributed by atoms with Crippen molar-refractivity contribution in [1.82, 2.24) is 14.9 Å². The van der Waals surface area contributed by atoms with Crippen LogP contribution in [0.3, 0.4) is 0 Å². The molecule has 30 heavy (non-hydrogen) atoms. The fraction of sp³-hybridized carbons (Fsp3) is 0.240. The van der Waals surface area contributed by atoms with Crippen molar-refractivity contribution in [2.45, 2.75) is 25.9 Å². The largest absolute Gasteiger partial charge is 0.497 e. The number of para-hydroxylation sites is 1. The highest BCUT2D eigenvalue weighted by Crippen LogP contribution is 2.38. The number of nitrogens with zero attached hydrogens (tertiary/aromatic N) is 2. The molecule has 152 valence electrons. The summed E-state index contributed by atoms with van der Waals surface area (Å²) in [6.07, 6.45) is 0.910. The molecule has 0 fully saturated rings. The number of halogens is 1. The van der Waals surface area contributed by atoms with Gasteiger partial charge in [-0.05, 0) is 55.3 Å². The van der Waals surface area contributed by atoms with Crippen LogP contribution in [0, 0.1) is 12.7 Å². The van der Waals surface area contributed by atoms with Gasteiger partial charge in [-0.25, -0.2) is 4.39 Å². The van der Waals surface area contributed by atoms with Crippen LogP contribution in [0.25, 0.3) is 10.9 Å². The lowest BCUT2D eigenvalue weighted by molar-refractivity contribution is 0.196. The third kappa shape index (κ3) is 3.25. The van der Waals surface area contributed by atoms with Crippen LogP contribution in [0.2, 0.25) is 0 Å². The van der Waals surface area contributed by atoms with E-state index in [1.54, 1.807) is 19.2 Å². The second kappa shape index (κ2) is 7.58. The molecule has 0 bridgehead atoms. The molecule has 0 aliphatic carbocycles. The van der Waals surface area contributed by atoms with E-state index in [2.05, 4.69) is 34.1 Å². The topological polar surface area (TPSA) is 41.1 Å². The lowest BCUT2D eigenvalue weighted by Crippen LogP contribution is -2.36. The molecule has 0 saturated carbocycles. The van der Waals surface area contributed by atoms with Crippen LogP contribution in [-0.2, 0) is 13.0 Å². The molecule has 5 rings (SSSR count). The number of aromatic nitrogens is 2. The Morgan fingerprint density at radius 3 is 2.83 bits per heavy atom. The quantitative estimate of drug-likeness (QED) is 0.513. The third-order valence-electron chi connectivity index (χ3n) is 5.95. The second-order valence-electron chi connectivity index (χ2n) is 7.85. The Morgan fingerprint density at radius 2 is 2.00 bits per heavy atom. The van der Waals surface area contributed by atoms with E-state index in [-0.39, 0.29) is 11.9 Å². The number of hydrogen-bond acceptors (Lipinski definition) is 3. The van der Waals surface area contributed by atoms with Gasteiger partial charge < -0.3 is 9.72 Å². The number of benzene rings is 2. The van der Waals surface area contributed by atoms with Crippen LogP contribution in [0.5, 0.6) is 5.75 Å². The molecule has 0 amide bonds. The molecule has 1 aliphatic rings. The Morgan fingerprint density at radius 1 is 1.13 bits per heavy atom. The number of fused-ring (bicyclic) bond motifs is 3. The highest BCUT2D eigenvalue weighted by atomic mass is 19.1. The molecule has 4 nitrogen and oxygen atoms in total. The Hall–Kier alpha value is -3.18. The Balaban J connectivity index is 1.62. The van der Waals surface area contributed by atoms with Gasteiger partial charge in [0, 0.05) is 40.9 Å². The number of hydrogen-bond donors (Lipinski definition) is 1. The fourth-order valence-corrected chi connectivity index (χ4v) is 4.53. The zero-order chi connectivity index (χ0) is 20.7. The van der Waals surface area contributed by atoms with Gasteiger partial charge in [0.25, 0.3) is 0 Å². The van der Waals surface area contributed by atoms with Gasteiger partial charge in [-0.1, -0.05) is 24.3 Å². The maximum atomic E-state index is 14.6. The Labute approximate surface area is 175 Å². The lowest BCUT2D eigenvalue weighted by atomic mass is 9.94. The smallest absolute Gasteiger partial charge is 0.127 e. The minimum absolute atomic E-state index is 0.0633. The zero-order valence-corrected chi connectivity index (χ0v) is 17.2. The van der Waals surface area contributed by atoms with Crippen molar-refractivity contribution in [3.8, 4) is 5.75 Å². The number of nitrogens with one attached hydrogen (secondary N) is 1. The van der Waals surface area contributed by atoms with Crippen LogP contribution in [0.4, 0.5) is 4.39 Å². The molecule has 1 N–H and O–H groups in total.